The van der Waals surface area contributed by atoms with Crippen LogP contribution in [0.25, 0.3) is 0 Å². The van der Waals surface area contributed by atoms with Crippen molar-refractivity contribution in [3.8, 4) is 5.75 Å². The molecular formula is C19H25F4IN4OS. The van der Waals surface area contributed by atoms with Crippen LogP contribution in [0.4, 0.5) is 17.6 Å². The van der Waals surface area contributed by atoms with Crippen molar-refractivity contribution < 1.29 is 22.3 Å². The van der Waals surface area contributed by atoms with Gasteiger partial charge in [0.25, 0.3) is 0 Å². The molecule has 0 aliphatic heterocycles. The summed E-state index contributed by atoms with van der Waals surface area (Å²) in [6.45, 7) is 4.14. The maximum atomic E-state index is 12.8. The number of aliphatic imine (C=N–C) groups is 1. The van der Waals surface area contributed by atoms with Gasteiger partial charge in [-0.2, -0.15) is 13.2 Å². The topological polar surface area (TPSA) is 58.5 Å². The number of rotatable bonds is 10. The van der Waals surface area contributed by atoms with E-state index in [1.54, 1.807) is 12.1 Å². The predicted molar refractivity (Wildman–Crippen MR) is 121 cm³/mol. The molecule has 0 fully saturated rings. The van der Waals surface area contributed by atoms with E-state index < -0.39 is 11.9 Å². The molecule has 1 aromatic carbocycles. The predicted octanol–water partition coefficient (Wildman–Crippen LogP) is 4.88. The first kappa shape index (κ1) is 26.4. The summed E-state index contributed by atoms with van der Waals surface area (Å²) in [4.78, 5) is 8.05. The quantitative estimate of drug-likeness (QED) is 0.143. The minimum Gasteiger partial charge on any atom is -0.494 e. The summed E-state index contributed by atoms with van der Waals surface area (Å²) in [5.41, 5.74) is -0.846. The molecule has 5 nitrogen and oxygen atoms in total. The smallest absolute Gasteiger partial charge is 0.434 e. The average Bonchev–Trinajstić information content (AvgIpc) is 3.15. The van der Waals surface area contributed by atoms with Gasteiger partial charge in [-0.1, -0.05) is 0 Å². The third-order valence-corrected chi connectivity index (χ3v) is 4.63. The van der Waals surface area contributed by atoms with Crippen molar-refractivity contribution in [2.45, 2.75) is 32.4 Å². The first-order chi connectivity index (χ1) is 13.9. The normalized spacial score (nSPS) is 11.7. The molecule has 0 spiro atoms. The second kappa shape index (κ2) is 13.6. The zero-order chi connectivity index (χ0) is 21.1. The summed E-state index contributed by atoms with van der Waals surface area (Å²) in [6.07, 6.45) is -2.42. The molecule has 0 aliphatic carbocycles. The molecule has 168 valence electrons. The van der Waals surface area contributed by atoms with Gasteiger partial charge in [0, 0.05) is 31.4 Å². The first-order valence-corrected chi connectivity index (χ1v) is 10.2. The molecule has 0 radical (unpaired) electrons. The molecule has 0 saturated heterocycles. The van der Waals surface area contributed by atoms with Crippen molar-refractivity contribution in [1.82, 2.24) is 15.6 Å². The Morgan fingerprint density at radius 3 is 2.53 bits per heavy atom. The van der Waals surface area contributed by atoms with Crippen LogP contribution in [0.1, 0.15) is 30.5 Å². The van der Waals surface area contributed by atoms with Crippen molar-refractivity contribution >= 4 is 41.3 Å². The molecule has 0 atom stereocenters. The molecule has 2 aromatic rings. The highest BCUT2D eigenvalue weighted by Crippen LogP contribution is 2.29. The van der Waals surface area contributed by atoms with E-state index in [2.05, 4.69) is 20.6 Å². The number of guanidine groups is 1. The van der Waals surface area contributed by atoms with Gasteiger partial charge in [0.2, 0.25) is 0 Å². The molecule has 0 saturated carbocycles. The summed E-state index contributed by atoms with van der Waals surface area (Å²) in [5.74, 6) is 0.936. The number of nitrogens with one attached hydrogen (secondary N) is 2. The minimum absolute atomic E-state index is 0. The summed E-state index contributed by atoms with van der Waals surface area (Å²) in [6, 6.07) is 5.87. The molecule has 2 N–H and O–H groups in total. The molecule has 0 unspecified atom stereocenters. The van der Waals surface area contributed by atoms with E-state index in [9.17, 15) is 17.6 Å². The highest BCUT2D eigenvalue weighted by Gasteiger charge is 2.33. The van der Waals surface area contributed by atoms with E-state index in [1.807, 2.05) is 6.92 Å². The molecule has 2 rings (SSSR count). The van der Waals surface area contributed by atoms with E-state index in [1.165, 1.54) is 12.1 Å². The highest BCUT2D eigenvalue weighted by molar-refractivity contribution is 14.0. The summed E-state index contributed by atoms with van der Waals surface area (Å²) in [7, 11) is 0. The van der Waals surface area contributed by atoms with Crippen LogP contribution in [0.3, 0.4) is 0 Å². The molecule has 1 heterocycles. The second-order valence-corrected chi connectivity index (χ2v) is 7.01. The first-order valence-electron chi connectivity index (χ1n) is 9.30. The Balaban J connectivity index is 0.00000450. The number of ether oxygens (including phenoxy) is 1. The SMILES string of the molecule is CCNC(=NCCCCOc1ccc(F)cc1)NCCc1nc(C(F)(F)F)cs1.I. The Morgan fingerprint density at radius 1 is 1.17 bits per heavy atom. The monoisotopic (exact) mass is 560 g/mol. The van der Waals surface area contributed by atoms with Crippen LogP contribution in [0.5, 0.6) is 5.75 Å². The number of benzene rings is 1. The van der Waals surface area contributed by atoms with E-state index in [0.717, 1.165) is 29.6 Å². The molecular weight excluding hydrogens is 535 g/mol. The summed E-state index contributed by atoms with van der Waals surface area (Å²) in [5, 5.41) is 7.65. The van der Waals surface area contributed by atoms with Gasteiger partial charge in [-0.15, -0.1) is 35.3 Å². The largest absolute Gasteiger partial charge is 0.494 e. The van der Waals surface area contributed by atoms with Crippen LogP contribution in [0.2, 0.25) is 0 Å². The number of hydrogen-bond acceptors (Lipinski definition) is 4. The zero-order valence-corrected chi connectivity index (χ0v) is 19.6. The van der Waals surface area contributed by atoms with Gasteiger partial charge in [-0.05, 0) is 44.0 Å². The van der Waals surface area contributed by atoms with Gasteiger partial charge in [-0.3, -0.25) is 4.99 Å². The van der Waals surface area contributed by atoms with Crippen molar-refractivity contribution in [1.29, 1.82) is 0 Å². The maximum Gasteiger partial charge on any atom is 0.434 e. The number of alkyl halides is 3. The standard InChI is InChI=1S/C19H24F4N4OS.HI/c1-2-24-18(26-11-9-17-27-16(13-29-17)19(21,22)23)25-10-3-4-12-28-15-7-5-14(20)6-8-15;/h5-8,13H,2-4,9-12H2,1H3,(H2,24,25,26);1H. The third-order valence-electron chi connectivity index (χ3n) is 3.72. The number of nitrogens with zero attached hydrogens (tertiary/aromatic N) is 2. The van der Waals surface area contributed by atoms with E-state index in [4.69, 9.17) is 4.74 Å². The van der Waals surface area contributed by atoms with E-state index >= 15 is 0 Å². The number of aromatic nitrogens is 1. The lowest BCUT2D eigenvalue weighted by atomic mass is 10.3. The zero-order valence-electron chi connectivity index (χ0n) is 16.5. The van der Waals surface area contributed by atoms with Crippen LogP contribution >= 0.6 is 35.3 Å². The number of halogens is 5. The Labute approximate surface area is 194 Å². The molecule has 0 bridgehead atoms. The lowest BCUT2D eigenvalue weighted by Crippen LogP contribution is -2.38. The van der Waals surface area contributed by atoms with Gasteiger partial charge >= 0.3 is 6.18 Å². The van der Waals surface area contributed by atoms with E-state index in [0.29, 0.717) is 49.4 Å². The highest BCUT2D eigenvalue weighted by atomic mass is 127. The Bertz CT molecular complexity index is 769. The Kier molecular flexibility index (Phi) is 12.0. The van der Waals surface area contributed by atoms with Crippen LogP contribution in [0, 0.1) is 5.82 Å². The lowest BCUT2D eigenvalue weighted by molar-refractivity contribution is -0.140. The molecule has 11 heteroatoms. The lowest BCUT2D eigenvalue weighted by Gasteiger charge is -2.10. The fraction of sp³-hybridized carbons (Fsp3) is 0.474. The fourth-order valence-electron chi connectivity index (χ4n) is 2.31. The van der Waals surface area contributed by atoms with Gasteiger partial charge in [0.05, 0.1) is 11.6 Å². The Morgan fingerprint density at radius 2 is 1.90 bits per heavy atom. The number of unbranched alkanes of at least 4 members (excludes halogenated alkanes) is 1. The summed E-state index contributed by atoms with van der Waals surface area (Å²) >= 11 is 1.00. The maximum absolute atomic E-state index is 12.8. The van der Waals surface area contributed by atoms with Gasteiger partial charge in [0.15, 0.2) is 11.7 Å². The van der Waals surface area contributed by atoms with Crippen molar-refractivity contribution in [2.75, 3.05) is 26.2 Å². The van der Waals surface area contributed by atoms with Crippen LogP contribution in [0.15, 0.2) is 34.6 Å². The number of hydrogen-bond donors (Lipinski definition) is 2. The van der Waals surface area contributed by atoms with Gasteiger partial charge in [0.1, 0.15) is 11.6 Å². The molecule has 1 aromatic heterocycles. The van der Waals surface area contributed by atoms with Crippen molar-refractivity contribution in [2.24, 2.45) is 4.99 Å². The van der Waals surface area contributed by atoms with Gasteiger partial charge < -0.3 is 15.4 Å². The third kappa shape index (κ3) is 9.92. The van der Waals surface area contributed by atoms with Crippen molar-refractivity contribution in [3.05, 3.63) is 46.2 Å². The summed E-state index contributed by atoms with van der Waals surface area (Å²) < 4.78 is 56.0. The Hall–Kier alpha value is -1.63. The van der Waals surface area contributed by atoms with Crippen LogP contribution in [-0.4, -0.2) is 37.2 Å². The van der Waals surface area contributed by atoms with E-state index in [-0.39, 0.29) is 29.8 Å². The average molecular weight is 560 g/mol. The number of thiazole rings is 1. The second-order valence-electron chi connectivity index (χ2n) is 6.07. The molecule has 30 heavy (non-hydrogen) atoms. The molecule has 0 aliphatic rings. The van der Waals surface area contributed by atoms with Crippen molar-refractivity contribution in [3.63, 3.8) is 0 Å². The molecule has 0 amide bonds. The fourth-order valence-corrected chi connectivity index (χ4v) is 3.12. The van der Waals surface area contributed by atoms with Gasteiger partial charge in [-0.25, -0.2) is 9.37 Å². The minimum atomic E-state index is -4.40. The van der Waals surface area contributed by atoms with Crippen LogP contribution in [-0.2, 0) is 12.6 Å². The van der Waals surface area contributed by atoms with Crippen LogP contribution < -0.4 is 15.4 Å².